The number of nitrogens with two attached hydrogens (primary N) is 1. The van der Waals surface area contributed by atoms with E-state index < -0.39 is 0 Å². The van der Waals surface area contributed by atoms with Crippen molar-refractivity contribution in [1.82, 2.24) is 5.32 Å². The molecule has 0 aromatic heterocycles. The van der Waals surface area contributed by atoms with Crippen molar-refractivity contribution in [2.45, 2.75) is 39.2 Å². The van der Waals surface area contributed by atoms with Gasteiger partial charge in [0.05, 0.1) is 5.41 Å². The Morgan fingerprint density at radius 1 is 1.67 bits per heavy atom. The first kappa shape index (κ1) is 9.52. The van der Waals surface area contributed by atoms with Crippen LogP contribution in [0.4, 0.5) is 0 Å². The molecule has 3 heteroatoms. The van der Waals surface area contributed by atoms with E-state index in [1.165, 1.54) is 0 Å². The molecule has 1 fully saturated rings. The second-order valence-corrected chi connectivity index (χ2v) is 3.77. The zero-order valence-corrected chi connectivity index (χ0v) is 7.89. The van der Waals surface area contributed by atoms with Crippen molar-refractivity contribution >= 4 is 5.91 Å². The standard InChI is InChI=1S/C9H18N2O/c1-3-7(2)11-8(12)9(6-10)4-5-9/h7H,3-6,10H2,1-2H3,(H,11,12). The summed E-state index contributed by atoms with van der Waals surface area (Å²) in [5, 5.41) is 2.96. The smallest absolute Gasteiger partial charge is 0.227 e. The number of rotatable bonds is 4. The highest BCUT2D eigenvalue weighted by molar-refractivity contribution is 5.85. The van der Waals surface area contributed by atoms with Crippen molar-refractivity contribution in [2.75, 3.05) is 6.54 Å². The minimum Gasteiger partial charge on any atom is -0.353 e. The van der Waals surface area contributed by atoms with Gasteiger partial charge in [-0.15, -0.1) is 0 Å². The second-order valence-electron chi connectivity index (χ2n) is 3.77. The molecular formula is C9H18N2O. The molecule has 12 heavy (non-hydrogen) atoms. The van der Waals surface area contributed by atoms with Gasteiger partial charge in [-0.2, -0.15) is 0 Å². The lowest BCUT2D eigenvalue weighted by Crippen LogP contribution is -2.40. The summed E-state index contributed by atoms with van der Waals surface area (Å²) in [7, 11) is 0. The van der Waals surface area contributed by atoms with Gasteiger partial charge in [0.2, 0.25) is 5.91 Å². The average molecular weight is 170 g/mol. The summed E-state index contributed by atoms with van der Waals surface area (Å²) in [6.07, 6.45) is 2.91. The van der Waals surface area contributed by atoms with Crippen LogP contribution in [0.1, 0.15) is 33.1 Å². The Balaban J connectivity index is 2.38. The summed E-state index contributed by atoms with van der Waals surface area (Å²) in [5.74, 6) is 0.152. The van der Waals surface area contributed by atoms with Crippen LogP contribution in [0.25, 0.3) is 0 Å². The third-order valence-electron chi connectivity index (χ3n) is 2.72. The summed E-state index contributed by atoms with van der Waals surface area (Å²) < 4.78 is 0. The Morgan fingerprint density at radius 2 is 2.25 bits per heavy atom. The minimum atomic E-state index is -0.191. The molecule has 3 nitrogen and oxygen atoms in total. The fraction of sp³-hybridized carbons (Fsp3) is 0.889. The van der Waals surface area contributed by atoms with Gasteiger partial charge in [0.25, 0.3) is 0 Å². The van der Waals surface area contributed by atoms with Crippen molar-refractivity contribution in [3.63, 3.8) is 0 Å². The average Bonchev–Trinajstić information content (AvgIpc) is 2.84. The summed E-state index contributed by atoms with van der Waals surface area (Å²) >= 11 is 0. The number of hydrogen-bond acceptors (Lipinski definition) is 2. The fourth-order valence-electron chi connectivity index (χ4n) is 1.15. The normalized spacial score (nSPS) is 21.6. The first-order chi connectivity index (χ1) is 5.64. The predicted molar refractivity (Wildman–Crippen MR) is 48.6 cm³/mol. The molecule has 1 amide bonds. The second kappa shape index (κ2) is 3.44. The van der Waals surface area contributed by atoms with E-state index in [2.05, 4.69) is 12.2 Å². The van der Waals surface area contributed by atoms with E-state index in [1.807, 2.05) is 6.92 Å². The van der Waals surface area contributed by atoms with Crippen molar-refractivity contribution in [2.24, 2.45) is 11.1 Å². The van der Waals surface area contributed by atoms with E-state index in [1.54, 1.807) is 0 Å². The molecule has 1 saturated carbocycles. The first-order valence-electron chi connectivity index (χ1n) is 4.65. The maximum Gasteiger partial charge on any atom is 0.227 e. The Bertz CT molecular complexity index is 175. The van der Waals surface area contributed by atoms with Crippen molar-refractivity contribution in [1.29, 1.82) is 0 Å². The number of hydrogen-bond donors (Lipinski definition) is 2. The lowest BCUT2D eigenvalue weighted by atomic mass is 10.1. The van der Waals surface area contributed by atoms with Crippen LogP contribution in [0.2, 0.25) is 0 Å². The first-order valence-corrected chi connectivity index (χ1v) is 4.65. The Morgan fingerprint density at radius 3 is 2.58 bits per heavy atom. The van der Waals surface area contributed by atoms with Crippen LogP contribution in [0.5, 0.6) is 0 Å². The van der Waals surface area contributed by atoms with Gasteiger partial charge in [-0.1, -0.05) is 6.92 Å². The molecule has 0 spiro atoms. The molecule has 1 unspecified atom stereocenters. The van der Waals surface area contributed by atoms with Gasteiger partial charge in [-0.3, -0.25) is 4.79 Å². The topological polar surface area (TPSA) is 55.1 Å². The van der Waals surface area contributed by atoms with E-state index in [4.69, 9.17) is 5.73 Å². The number of carbonyl (C=O) groups is 1. The molecule has 1 aliphatic carbocycles. The van der Waals surface area contributed by atoms with Crippen LogP contribution in [-0.4, -0.2) is 18.5 Å². The van der Waals surface area contributed by atoms with E-state index in [-0.39, 0.29) is 17.4 Å². The van der Waals surface area contributed by atoms with Crippen LogP contribution < -0.4 is 11.1 Å². The minimum absolute atomic E-state index is 0.152. The highest BCUT2D eigenvalue weighted by atomic mass is 16.2. The molecule has 0 aromatic rings. The third kappa shape index (κ3) is 1.78. The quantitative estimate of drug-likeness (QED) is 0.650. The Kier molecular flexibility index (Phi) is 2.73. The summed E-state index contributed by atoms with van der Waals surface area (Å²) in [5.41, 5.74) is 5.34. The summed E-state index contributed by atoms with van der Waals surface area (Å²) in [6, 6.07) is 0.279. The van der Waals surface area contributed by atoms with Gasteiger partial charge in [-0.05, 0) is 26.2 Å². The molecular weight excluding hydrogens is 152 g/mol. The molecule has 3 N–H and O–H groups in total. The highest BCUT2D eigenvalue weighted by Gasteiger charge is 2.48. The van der Waals surface area contributed by atoms with Gasteiger partial charge in [-0.25, -0.2) is 0 Å². The van der Waals surface area contributed by atoms with Crippen LogP contribution in [0.3, 0.4) is 0 Å². The fourth-order valence-corrected chi connectivity index (χ4v) is 1.15. The maximum absolute atomic E-state index is 11.5. The van der Waals surface area contributed by atoms with Crippen molar-refractivity contribution in [3.8, 4) is 0 Å². The van der Waals surface area contributed by atoms with Crippen LogP contribution in [0.15, 0.2) is 0 Å². The molecule has 0 aromatic carbocycles. The largest absolute Gasteiger partial charge is 0.353 e. The van der Waals surface area contributed by atoms with Gasteiger partial charge in [0.15, 0.2) is 0 Å². The molecule has 70 valence electrons. The zero-order valence-electron chi connectivity index (χ0n) is 7.89. The lowest BCUT2D eigenvalue weighted by molar-refractivity contribution is -0.126. The molecule has 1 aliphatic rings. The number of carbonyl (C=O) groups excluding carboxylic acids is 1. The molecule has 1 atom stereocenters. The molecule has 1 rings (SSSR count). The summed E-state index contributed by atoms with van der Waals surface area (Å²) in [4.78, 5) is 11.5. The molecule has 0 aliphatic heterocycles. The summed E-state index contributed by atoms with van der Waals surface area (Å²) in [6.45, 7) is 4.58. The van der Waals surface area contributed by atoms with Gasteiger partial charge in [0, 0.05) is 12.6 Å². The molecule has 0 bridgehead atoms. The highest BCUT2D eigenvalue weighted by Crippen LogP contribution is 2.44. The van der Waals surface area contributed by atoms with Crippen LogP contribution in [0, 0.1) is 5.41 Å². The molecule has 0 saturated heterocycles. The Hall–Kier alpha value is -0.570. The van der Waals surface area contributed by atoms with E-state index in [9.17, 15) is 4.79 Å². The van der Waals surface area contributed by atoms with E-state index >= 15 is 0 Å². The zero-order chi connectivity index (χ0) is 9.19. The predicted octanol–water partition coefficient (Wildman–Crippen LogP) is 0.640. The van der Waals surface area contributed by atoms with Crippen LogP contribution in [-0.2, 0) is 4.79 Å². The van der Waals surface area contributed by atoms with Crippen molar-refractivity contribution < 1.29 is 4.79 Å². The maximum atomic E-state index is 11.5. The van der Waals surface area contributed by atoms with Crippen molar-refractivity contribution in [3.05, 3.63) is 0 Å². The number of amides is 1. The van der Waals surface area contributed by atoms with E-state index in [0.717, 1.165) is 19.3 Å². The van der Waals surface area contributed by atoms with E-state index in [0.29, 0.717) is 6.54 Å². The van der Waals surface area contributed by atoms with Crippen LogP contribution >= 0.6 is 0 Å². The van der Waals surface area contributed by atoms with Gasteiger partial charge >= 0.3 is 0 Å². The SMILES string of the molecule is CCC(C)NC(=O)C1(CN)CC1. The Labute approximate surface area is 73.7 Å². The molecule has 0 heterocycles. The molecule has 0 radical (unpaired) electrons. The van der Waals surface area contributed by atoms with Gasteiger partial charge < -0.3 is 11.1 Å². The van der Waals surface area contributed by atoms with Gasteiger partial charge in [0.1, 0.15) is 0 Å². The lowest BCUT2D eigenvalue weighted by Gasteiger charge is -2.16. The number of nitrogens with one attached hydrogen (secondary N) is 1. The third-order valence-corrected chi connectivity index (χ3v) is 2.72. The monoisotopic (exact) mass is 170 g/mol.